The van der Waals surface area contributed by atoms with E-state index in [0.717, 1.165) is 16.3 Å². The van der Waals surface area contributed by atoms with Crippen molar-refractivity contribution in [1.82, 2.24) is 15.1 Å². The van der Waals surface area contributed by atoms with Crippen LogP contribution in [0.15, 0.2) is 63.0 Å². The Balaban J connectivity index is 1.39. The highest BCUT2D eigenvalue weighted by atomic mass is 32.1. The SMILES string of the molecule is COc1cccc(-c2nc(COC(=O)c3cc(-c4ccco4)nc4onc(C)c34)cs2)c1. The Bertz CT molecular complexity index is 1400. The van der Waals surface area contributed by atoms with Gasteiger partial charge in [-0.2, -0.15) is 0 Å². The minimum absolute atomic E-state index is 0.0313. The standard InChI is InChI=1S/C23H17N3O5S/c1-13-20-17(10-18(19-7-4-8-29-19)25-21(20)31-26-13)23(27)30-11-15-12-32-22(24-15)14-5-3-6-16(9-14)28-2/h3-10,12H,11H2,1-2H3. The van der Waals surface area contributed by atoms with Crippen LogP contribution in [-0.4, -0.2) is 28.2 Å². The van der Waals surface area contributed by atoms with E-state index in [4.69, 9.17) is 18.4 Å². The Kier molecular flexibility index (Phi) is 5.16. The number of aromatic nitrogens is 3. The topological polar surface area (TPSA) is 100 Å². The summed E-state index contributed by atoms with van der Waals surface area (Å²) in [6.07, 6.45) is 1.53. The van der Waals surface area contributed by atoms with E-state index in [1.165, 1.54) is 17.6 Å². The van der Waals surface area contributed by atoms with Gasteiger partial charge in [-0.05, 0) is 37.3 Å². The zero-order valence-corrected chi connectivity index (χ0v) is 18.0. The number of aryl methyl sites for hydroxylation is 1. The number of hydrogen-bond acceptors (Lipinski definition) is 9. The molecule has 0 spiro atoms. The maximum absolute atomic E-state index is 13.0. The second kappa shape index (κ2) is 8.27. The van der Waals surface area contributed by atoms with E-state index in [1.54, 1.807) is 32.2 Å². The Morgan fingerprint density at radius 1 is 1.16 bits per heavy atom. The van der Waals surface area contributed by atoms with Crippen LogP contribution in [0.1, 0.15) is 21.7 Å². The lowest BCUT2D eigenvalue weighted by molar-refractivity contribution is 0.0470. The second-order valence-corrected chi connectivity index (χ2v) is 7.79. The molecule has 4 aromatic heterocycles. The Hall–Kier alpha value is -3.98. The van der Waals surface area contributed by atoms with E-state index in [0.29, 0.717) is 33.8 Å². The smallest absolute Gasteiger partial charge is 0.339 e. The van der Waals surface area contributed by atoms with Gasteiger partial charge in [-0.3, -0.25) is 0 Å². The predicted octanol–water partition coefficient (Wildman–Crippen LogP) is 5.28. The van der Waals surface area contributed by atoms with E-state index in [-0.39, 0.29) is 12.3 Å². The molecule has 0 N–H and O–H groups in total. The summed E-state index contributed by atoms with van der Waals surface area (Å²) in [7, 11) is 1.62. The highest BCUT2D eigenvalue weighted by Crippen LogP contribution is 2.29. The fourth-order valence-corrected chi connectivity index (χ4v) is 4.09. The molecule has 0 radical (unpaired) electrons. The Morgan fingerprint density at radius 2 is 2.06 bits per heavy atom. The molecule has 0 unspecified atom stereocenters. The minimum Gasteiger partial charge on any atom is -0.497 e. The first-order chi connectivity index (χ1) is 15.6. The van der Waals surface area contributed by atoms with Crippen LogP contribution in [0.2, 0.25) is 0 Å². The zero-order chi connectivity index (χ0) is 22.1. The molecule has 0 amide bonds. The van der Waals surface area contributed by atoms with Crippen molar-refractivity contribution in [3.8, 4) is 27.8 Å². The first-order valence-electron chi connectivity index (χ1n) is 9.69. The van der Waals surface area contributed by atoms with Gasteiger partial charge in [-0.1, -0.05) is 17.3 Å². The molecule has 0 atom stereocenters. The largest absolute Gasteiger partial charge is 0.497 e. The van der Waals surface area contributed by atoms with Crippen molar-refractivity contribution in [2.24, 2.45) is 0 Å². The summed E-state index contributed by atoms with van der Waals surface area (Å²) in [5.74, 6) is 0.744. The first kappa shape index (κ1) is 20.0. The van der Waals surface area contributed by atoms with E-state index in [9.17, 15) is 4.79 Å². The van der Waals surface area contributed by atoms with Gasteiger partial charge in [0.05, 0.1) is 35.7 Å². The molecule has 0 saturated heterocycles. The molecule has 8 nitrogen and oxygen atoms in total. The van der Waals surface area contributed by atoms with Crippen LogP contribution in [0, 0.1) is 6.92 Å². The number of benzene rings is 1. The first-order valence-corrected chi connectivity index (χ1v) is 10.6. The lowest BCUT2D eigenvalue weighted by Crippen LogP contribution is -2.07. The average Bonchev–Trinajstić information content (AvgIpc) is 3.58. The molecule has 0 aliphatic heterocycles. The van der Waals surface area contributed by atoms with Gasteiger partial charge in [0.2, 0.25) is 0 Å². The number of esters is 1. The summed E-state index contributed by atoms with van der Waals surface area (Å²) in [6.45, 7) is 1.78. The number of fused-ring (bicyclic) bond motifs is 1. The van der Waals surface area contributed by atoms with Crippen LogP contribution < -0.4 is 4.74 Å². The number of thiazole rings is 1. The van der Waals surface area contributed by atoms with Gasteiger partial charge in [0, 0.05) is 10.9 Å². The summed E-state index contributed by atoms with van der Waals surface area (Å²) in [6, 6.07) is 12.8. The van der Waals surface area contributed by atoms with Crippen LogP contribution in [0.4, 0.5) is 0 Å². The maximum atomic E-state index is 13.0. The molecule has 5 rings (SSSR count). The van der Waals surface area contributed by atoms with E-state index >= 15 is 0 Å². The van der Waals surface area contributed by atoms with Gasteiger partial charge in [-0.25, -0.2) is 14.8 Å². The van der Waals surface area contributed by atoms with Crippen LogP contribution in [-0.2, 0) is 11.3 Å². The number of carbonyl (C=O) groups is 1. The summed E-state index contributed by atoms with van der Waals surface area (Å²) in [4.78, 5) is 21.9. The molecular weight excluding hydrogens is 430 g/mol. The third-order valence-electron chi connectivity index (χ3n) is 4.83. The van der Waals surface area contributed by atoms with Crippen molar-refractivity contribution >= 4 is 28.4 Å². The number of rotatable bonds is 6. The number of hydrogen-bond donors (Lipinski definition) is 0. The second-order valence-electron chi connectivity index (χ2n) is 6.93. The molecule has 5 aromatic rings. The van der Waals surface area contributed by atoms with Gasteiger partial charge in [0.1, 0.15) is 23.1 Å². The molecule has 32 heavy (non-hydrogen) atoms. The van der Waals surface area contributed by atoms with Crippen molar-refractivity contribution in [1.29, 1.82) is 0 Å². The molecule has 0 saturated carbocycles. The van der Waals surface area contributed by atoms with Gasteiger partial charge >= 0.3 is 5.97 Å². The van der Waals surface area contributed by atoms with E-state index < -0.39 is 5.97 Å². The minimum atomic E-state index is -0.521. The van der Waals surface area contributed by atoms with Crippen molar-refractivity contribution in [2.75, 3.05) is 7.11 Å². The maximum Gasteiger partial charge on any atom is 0.339 e. The van der Waals surface area contributed by atoms with E-state index in [1.807, 2.05) is 29.6 Å². The molecule has 4 heterocycles. The lowest BCUT2D eigenvalue weighted by Gasteiger charge is -2.06. The van der Waals surface area contributed by atoms with Crippen molar-refractivity contribution in [2.45, 2.75) is 13.5 Å². The number of pyridine rings is 1. The summed E-state index contributed by atoms with van der Waals surface area (Å²) in [5, 5.41) is 7.13. The highest BCUT2D eigenvalue weighted by molar-refractivity contribution is 7.13. The number of methoxy groups -OCH3 is 1. The molecule has 0 aliphatic carbocycles. The molecule has 9 heteroatoms. The third-order valence-corrected chi connectivity index (χ3v) is 5.77. The molecule has 160 valence electrons. The van der Waals surface area contributed by atoms with Gasteiger partial charge in [-0.15, -0.1) is 11.3 Å². The van der Waals surface area contributed by atoms with Crippen molar-refractivity contribution in [3.05, 3.63) is 71.1 Å². The summed E-state index contributed by atoms with van der Waals surface area (Å²) in [5.41, 5.74) is 3.16. The van der Waals surface area contributed by atoms with Gasteiger partial charge in [0.15, 0.2) is 5.76 Å². The fourth-order valence-electron chi connectivity index (χ4n) is 3.29. The Labute approximate surface area is 186 Å². The van der Waals surface area contributed by atoms with Gasteiger partial charge in [0.25, 0.3) is 5.71 Å². The third kappa shape index (κ3) is 3.74. The molecule has 0 aliphatic rings. The average molecular weight is 447 g/mol. The molecule has 0 fully saturated rings. The van der Waals surface area contributed by atoms with Crippen LogP contribution in [0.5, 0.6) is 5.75 Å². The van der Waals surface area contributed by atoms with Crippen molar-refractivity contribution in [3.63, 3.8) is 0 Å². The number of nitrogens with zero attached hydrogens (tertiary/aromatic N) is 3. The molecular formula is C23H17N3O5S. The normalized spacial score (nSPS) is 11.1. The number of furan rings is 1. The highest BCUT2D eigenvalue weighted by Gasteiger charge is 2.21. The monoisotopic (exact) mass is 447 g/mol. The van der Waals surface area contributed by atoms with Gasteiger partial charge < -0.3 is 18.4 Å². The summed E-state index contributed by atoms with van der Waals surface area (Å²) >= 11 is 1.47. The molecule has 1 aromatic carbocycles. The number of ether oxygens (including phenoxy) is 2. The fraction of sp³-hybridized carbons (Fsp3) is 0.130. The lowest BCUT2D eigenvalue weighted by atomic mass is 10.1. The Morgan fingerprint density at radius 3 is 2.88 bits per heavy atom. The predicted molar refractivity (Wildman–Crippen MR) is 117 cm³/mol. The summed E-state index contributed by atoms with van der Waals surface area (Å²) < 4.78 is 21.5. The van der Waals surface area contributed by atoms with Crippen LogP contribution >= 0.6 is 11.3 Å². The molecule has 0 bridgehead atoms. The van der Waals surface area contributed by atoms with Crippen LogP contribution in [0.3, 0.4) is 0 Å². The quantitative estimate of drug-likeness (QED) is 0.324. The number of carbonyl (C=O) groups excluding carboxylic acids is 1. The van der Waals surface area contributed by atoms with Crippen LogP contribution in [0.25, 0.3) is 33.1 Å². The van der Waals surface area contributed by atoms with Crippen molar-refractivity contribution < 1.29 is 23.2 Å². The zero-order valence-electron chi connectivity index (χ0n) is 17.2. The van der Waals surface area contributed by atoms with E-state index in [2.05, 4.69) is 15.1 Å².